The van der Waals surface area contributed by atoms with Gasteiger partial charge in [-0.1, -0.05) is 13.8 Å². The maximum absolute atomic E-state index is 12.0. The standard InChI is InChI=1S/C12H18N2O2/c1-9(2)13-11-3-5-14(12(11)15)7-10-4-6-16-8-10/h4,6,8-9,11,13H,3,5,7H2,1-2H3. The van der Waals surface area contributed by atoms with E-state index in [1.165, 1.54) is 0 Å². The molecule has 2 heterocycles. The average Bonchev–Trinajstić information content (AvgIpc) is 2.82. The van der Waals surface area contributed by atoms with E-state index in [1.807, 2.05) is 11.0 Å². The van der Waals surface area contributed by atoms with Crippen molar-refractivity contribution in [2.24, 2.45) is 0 Å². The molecule has 0 radical (unpaired) electrons. The number of rotatable bonds is 4. The molecule has 0 bridgehead atoms. The number of nitrogens with one attached hydrogen (secondary N) is 1. The first-order valence-corrected chi connectivity index (χ1v) is 5.72. The fourth-order valence-electron chi connectivity index (χ4n) is 2.06. The van der Waals surface area contributed by atoms with Crippen molar-refractivity contribution in [1.82, 2.24) is 10.2 Å². The lowest BCUT2D eigenvalue weighted by molar-refractivity contribution is -0.130. The summed E-state index contributed by atoms with van der Waals surface area (Å²) in [5, 5.41) is 3.29. The molecule has 2 rings (SSSR count). The van der Waals surface area contributed by atoms with E-state index in [0.717, 1.165) is 18.5 Å². The van der Waals surface area contributed by atoms with Crippen LogP contribution in [0.15, 0.2) is 23.0 Å². The zero-order valence-electron chi connectivity index (χ0n) is 9.77. The summed E-state index contributed by atoms with van der Waals surface area (Å²) in [6, 6.07) is 2.24. The van der Waals surface area contributed by atoms with Crippen molar-refractivity contribution < 1.29 is 9.21 Å². The molecule has 4 nitrogen and oxygen atoms in total. The molecule has 0 aromatic carbocycles. The van der Waals surface area contributed by atoms with Crippen LogP contribution in [0.2, 0.25) is 0 Å². The predicted octanol–water partition coefficient (Wildman–Crippen LogP) is 1.38. The van der Waals surface area contributed by atoms with Crippen LogP contribution in [0, 0.1) is 0 Å². The van der Waals surface area contributed by atoms with E-state index in [0.29, 0.717) is 12.6 Å². The molecule has 1 aliphatic rings. The van der Waals surface area contributed by atoms with Crippen LogP contribution in [0.3, 0.4) is 0 Å². The lowest BCUT2D eigenvalue weighted by Crippen LogP contribution is -2.41. The molecule has 1 aliphatic heterocycles. The van der Waals surface area contributed by atoms with Crippen LogP contribution in [0.4, 0.5) is 0 Å². The molecule has 1 aromatic rings. The molecule has 1 amide bonds. The van der Waals surface area contributed by atoms with Gasteiger partial charge in [-0.25, -0.2) is 0 Å². The van der Waals surface area contributed by atoms with Crippen molar-refractivity contribution in [2.75, 3.05) is 6.54 Å². The van der Waals surface area contributed by atoms with Crippen molar-refractivity contribution >= 4 is 5.91 Å². The number of likely N-dealkylation sites (tertiary alicyclic amines) is 1. The Labute approximate surface area is 95.6 Å². The highest BCUT2D eigenvalue weighted by Crippen LogP contribution is 2.15. The Hall–Kier alpha value is -1.29. The van der Waals surface area contributed by atoms with Crippen molar-refractivity contribution in [3.63, 3.8) is 0 Å². The minimum absolute atomic E-state index is 0.00750. The SMILES string of the molecule is CC(C)NC1CCN(Cc2ccoc2)C1=O. The molecule has 0 spiro atoms. The van der Waals surface area contributed by atoms with E-state index in [4.69, 9.17) is 4.42 Å². The molecule has 1 aromatic heterocycles. The third kappa shape index (κ3) is 2.44. The molecule has 1 atom stereocenters. The summed E-state index contributed by atoms with van der Waals surface area (Å²) in [7, 11) is 0. The van der Waals surface area contributed by atoms with Gasteiger partial charge < -0.3 is 14.6 Å². The Bertz CT molecular complexity index is 346. The Kier molecular flexibility index (Phi) is 3.29. The topological polar surface area (TPSA) is 45.5 Å². The molecule has 4 heteroatoms. The van der Waals surface area contributed by atoms with Gasteiger partial charge in [-0.15, -0.1) is 0 Å². The van der Waals surface area contributed by atoms with Gasteiger partial charge in [0, 0.05) is 24.7 Å². The van der Waals surface area contributed by atoms with Crippen LogP contribution in [-0.2, 0) is 11.3 Å². The summed E-state index contributed by atoms with van der Waals surface area (Å²) in [6.07, 6.45) is 4.23. The van der Waals surface area contributed by atoms with Crippen molar-refractivity contribution in [2.45, 2.75) is 38.9 Å². The molecule has 0 aliphatic carbocycles. The van der Waals surface area contributed by atoms with Crippen LogP contribution in [0.1, 0.15) is 25.8 Å². The summed E-state index contributed by atoms with van der Waals surface area (Å²) >= 11 is 0. The van der Waals surface area contributed by atoms with E-state index < -0.39 is 0 Å². The van der Waals surface area contributed by atoms with E-state index in [2.05, 4.69) is 19.2 Å². The van der Waals surface area contributed by atoms with Gasteiger partial charge in [0.2, 0.25) is 5.91 Å². The minimum Gasteiger partial charge on any atom is -0.472 e. The normalized spacial score (nSPS) is 21.1. The third-order valence-corrected chi connectivity index (χ3v) is 2.79. The molecular formula is C12H18N2O2. The summed E-state index contributed by atoms with van der Waals surface area (Å²) in [6.45, 7) is 5.61. The van der Waals surface area contributed by atoms with Gasteiger partial charge in [0.05, 0.1) is 18.6 Å². The molecule has 1 fully saturated rings. The number of amides is 1. The minimum atomic E-state index is -0.00750. The maximum Gasteiger partial charge on any atom is 0.240 e. The monoisotopic (exact) mass is 222 g/mol. The molecule has 0 saturated carbocycles. The van der Waals surface area contributed by atoms with Gasteiger partial charge >= 0.3 is 0 Å². The Morgan fingerprint density at radius 3 is 3.06 bits per heavy atom. The first-order valence-electron chi connectivity index (χ1n) is 5.72. The van der Waals surface area contributed by atoms with Gasteiger partial charge in [-0.2, -0.15) is 0 Å². The van der Waals surface area contributed by atoms with Crippen LogP contribution in [-0.4, -0.2) is 29.4 Å². The van der Waals surface area contributed by atoms with Crippen LogP contribution < -0.4 is 5.32 Å². The third-order valence-electron chi connectivity index (χ3n) is 2.79. The number of furan rings is 1. The molecule has 1 unspecified atom stereocenters. The van der Waals surface area contributed by atoms with Crippen molar-refractivity contribution in [3.8, 4) is 0 Å². The fourth-order valence-corrected chi connectivity index (χ4v) is 2.06. The van der Waals surface area contributed by atoms with Crippen molar-refractivity contribution in [3.05, 3.63) is 24.2 Å². The fraction of sp³-hybridized carbons (Fsp3) is 0.583. The number of hydrogen-bond acceptors (Lipinski definition) is 3. The number of carbonyl (C=O) groups excluding carboxylic acids is 1. The number of hydrogen-bond donors (Lipinski definition) is 1. The molecular weight excluding hydrogens is 204 g/mol. The second kappa shape index (κ2) is 4.70. The van der Waals surface area contributed by atoms with Gasteiger partial charge in [-0.3, -0.25) is 4.79 Å². The van der Waals surface area contributed by atoms with E-state index in [9.17, 15) is 4.79 Å². The molecule has 1 saturated heterocycles. The second-order valence-electron chi connectivity index (χ2n) is 4.55. The largest absolute Gasteiger partial charge is 0.472 e. The lowest BCUT2D eigenvalue weighted by Gasteiger charge is -2.17. The molecule has 1 N–H and O–H groups in total. The molecule has 88 valence electrons. The zero-order valence-corrected chi connectivity index (χ0v) is 9.77. The van der Waals surface area contributed by atoms with E-state index in [-0.39, 0.29) is 11.9 Å². The Morgan fingerprint density at radius 2 is 2.44 bits per heavy atom. The quantitative estimate of drug-likeness (QED) is 0.837. The highest BCUT2D eigenvalue weighted by Gasteiger charge is 2.31. The van der Waals surface area contributed by atoms with E-state index >= 15 is 0 Å². The highest BCUT2D eigenvalue weighted by molar-refractivity contribution is 5.83. The summed E-state index contributed by atoms with van der Waals surface area (Å²) in [4.78, 5) is 13.9. The second-order valence-corrected chi connectivity index (χ2v) is 4.55. The maximum atomic E-state index is 12.0. The summed E-state index contributed by atoms with van der Waals surface area (Å²) < 4.78 is 5.00. The first-order chi connectivity index (χ1) is 7.66. The summed E-state index contributed by atoms with van der Waals surface area (Å²) in [5.74, 6) is 0.204. The zero-order chi connectivity index (χ0) is 11.5. The van der Waals surface area contributed by atoms with Gasteiger partial charge in [0.1, 0.15) is 0 Å². The highest BCUT2D eigenvalue weighted by atomic mass is 16.3. The van der Waals surface area contributed by atoms with Crippen LogP contribution in [0.5, 0.6) is 0 Å². The smallest absolute Gasteiger partial charge is 0.240 e. The predicted molar refractivity (Wildman–Crippen MR) is 60.8 cm³/mol. The Balaban J connectivity index is 1.92. The number of nitrogens with zero attached hydrogens (tertiary/aromatic N) is 1. The van der Waals surface area contributed by atoms with Gasteiger partial charge in [0.25, 0.3) is 0 Å². The Morgan fingerprint density at radius 1 is 1.62 bits per heavy atom. The average molecular weight is 222 g/mol. The van der Waals surface area contributed by atoms with Crippen LogP contribution >= 0.6 is 0 Å². The number of carbonyl (C=O) groups is 1. The lowest BCUT2D eigenvalue weighted by atomic mass is 10.2. The van der Waals surface area contributed by atoms with Gasteiger partial charge in [0.15, 0.2) is 0 Å². The van der Waals surface area contributed by atoms with Crippen molar-refractivity contribution in [1.29, 1.82) is 0 Å². The first kappa shape index (κ1) is 11.2. The van der Waals surface area contributed by atoms with Crippen LogP contribution in [0.25, 0.3) is 0 Å². The van der Waals surface area contributed by atoms with Gasteiger partial charge in [-0.05, 0) is 12.5 Å². The van der Waals surface area contributed by atoms with E-state index in [1.54, 1.807) is 12.5 Å². The molecule has 16 heavy (non-hydrogen) atoms. The summed E-state index contributed by atoms with van der Waals surface area (Å²) in [5.41, 5.74) is 1.05.